The Balaban J connectivity index is 2.34. The first-order chi connectivity index (χ1) is 8.07. The number of hydrogen-bond acceptors (Lipinski definition) is 1. The van der Waals surface area contributed by atoms with Crippen LogP contribution in [0.15, 0.2) is 64.4 Å². The number of rotatable bonds is 3. The van der Waals surface area contributed by atoms with Gasteiger partial charge in [0.1, 0.15) is 0 Å². The molecule has 0 aliphatic rings. The fraction of sp³-hybridized carbons (Fsp3) is 0.200. The van der Waals surface area contributed by atoms with Crippen LogP contribution >= 0.6 is 11.8 Å². The van der Waals surface area contributed by atoms with Gasteiger partial charge in [-0.25, -0.2) is 0 Å². The van der Waals surface area contributed by atoms with Gasteiger partial charge < -0.3 is 0 Å². The van der Waals surface area contributed by atoms with Crippen LogP contribution in [0.1, 0.15) is 0 Å². The lowest BCUT2D eigenvalue weighted by molar-refractivity contribution is 1.42. The molecule has 0 fully saturated rings. The standard InChI is InChI=1S/C15H18SSi/c1-17(2,3)15-12-8-7-11-14(15)16-13-9-5-4-6-10-13/h4-12H,1-3H3. The van der Waals surface area contributed by atoms with E-state index in [1.165, 1.54) is 9.79 Å². The Morgan fingerprint density at radius 3 is 2.00 bits per heavy atom. The average Bonchev–Trinajstić information content (AvgIpc) is 2.30. The minimum atomic E-state index is -1.25. The molecule has 2 aromatic carbocycles. The largest absolute Gasteiger partial charge is 0.0902 e. The van der Waals surface area contributed by atoms with E-state index in [2.05, 4.69) is 74.2 Å². The van der Waals surface area contributed by atoms with Crippen LogP contribution in [-0.2, 0) is 0 Å². The molecule has 0 saturated carbocycles. The molecule has 0 aromatic heterocycles. The molecule has 0 unspecified atom stereocenters. The van der Waals surface area contributed by atoms with Gasteiger partial charge in [0, 0.05) is 9.79 Å². The van der Waals surface area contributed by atoms with E-state index < -0.39 is 8.07 Å². The van der Waals surface area contributed by atoms with Gasteiger partial charge in [0.2, 0.25) is 0 Å². The minimum Gasteiger partial charge on any atom is -0.0902 e. The maximum absolute atomic E-state index is 2.40. The first-order valence-corrected chi connectivity index (χ1v) is 10.2. The summed E-state index contributed by atoms with van der Waals surface area (Å²) >= 11 is 1.88. The van der Waals surface area contributed by atoms with E-state index >= 15 is 0 Å². The predicted molar refractivity (Wildman–Crippen MR) is 80.0 cm³/mol. The van der Waals surface area contributed by atoms with Crippen LogP contribution in [0.3, 0.4) is 0 Å². The van der Waals surface area contributed by atoms with Crippen LogP contribution < -0.4 is 5.19 Å². The van der Waals surface area contributed by atoms with Gasteiger partial charge in [-0.2, -0.15) is 0 Å². The normalized spacial score (nSPS) is 11.5. The van der Waals surface area contributed by atoms with E-state index in [-0.39, 0.29) is 0 Å². The molecule has 2 rings (SSSR count). The zero-order valence-corrected chi connectivity index (χ0v) is 12.4. The Bertz CT molecular complexity index is 486. The zero-order chi connectivity index (χ0) is 12.3. The molecule has 0 atom stereocenters. The molecule has 0 saturated heterocycles. The van der Waals surface area contributed by atoms with Crippen molar-refractivity contribution >= 4 is 25.0 Å². The van der Waals surface area contributed by atoms with Crippen molar-refractivity contribution in [3.63, 3.8) is 0 Å². The molecule has 2 aromatic rings. The molecule has 0 aliphatic carbocycles. The molecule has 88 valence electrons. The monoisotopic (exact) mass is 258 g/mol. The number of benzene rings is 2. The summed E-state index contributed by atoms with van der Waals surface area (Å²) < 4.78 is 0. The highest BCUT2D eigenvalue weighted by Gasteiger charge is 2.19. The van der Waals surface area contributed by atoms with Crippen molar-refractivity contribution in [2.24, 2.45) is 0 Å². The predicted octanol–water partition coefficient (Wildman–Crippen LogP) is 4.38. The lowest BCUT2D eigenvalue weighted by Gasteiger charge is -2.20. The van der Waals surface area contributed by atoms with Crippen molar-refractivity contribution in [2.45, 2.75) is 29.4 Å². The maximum atomic E-state index is 2.40. The van der Waals surface area contributed by atoms with Gasteiger partial charge in [0.15, 0.2) is 0 Å². The first-order valence-electron chi connectivity index (χ1n) is 5.90. The topological polar surface area (TPSA) is 0 Å². The lowest BCUT2D eigenvalue weighted by atomic mass is 10.4. The zero-order valence-electron chi connectivity index (χ0n) is 10.6. The summed E-state index contributed by atoms with van der Waals surface area (Å²) in [5.74, 6) is 0. The fourth-order valence-corrected chi connectivity index (χ4v) is 5.15. The molecule has 0 bridgehead atoms. The van der Waals surface area contributed by atoms with Crippen molar-refractivity contribution in [1.82, 2.24) is 0 Å². The van der Waals surface area contributed by atoms with Gasteiger partial charge in [0.25, 0.3) is 0 Å². The van der Waals surface area contributed by atoms with Crippen LogP contribution in [0.4, 0.5) is 0 Å². The minimum absolute atomic E-state index is 1.25. The van der Waals surface area contributed by atoms with Crippen LogP contribution in [0.25, 0.3) is 0 Å². The third-order valence-electron chi connectivity index (χ3n) is 2.67. The van der Waals surface area contributed by atoms with E-state index in [1.54, 1.807) is 5.19 Å². The van der Waals surface area contributed by atoms with Crippen LogP contribution in [0, 0.1) is 0 Å². The van der Waals surface area contributed by atoms with E-state index in [0.717, 1.165) is 0 Å². The summed E-state index contributed by atoms with van der Waals surface area (Å²) in [4.78, 5) is 2.73. The fourth-order valence-electron chi connectivity index (χ4n) is 1.79. The Kier molecular flexibility index (Phi) is 3.75. The smallest absolute Gasteiger partial charge is 0.0790 e. The second-order valence-corrected chi connectivity index (χ2v) is 11.3. The SMILES string of the molecule is C[Si](C)(C)c1ccccc1Sc1ccccc1. The molecular formula is C15H18SSi. The Morgan fingerprint density at radius 1 is 0.765 bits per heavy atom. The summed E-state index contributed by atoms with van der Waals surface area (Å²) in [5, 5.41) is 1.55. The molecular weight excluding hydrogens is 240 g/mol. The molecule has 2 heteroatoms. The van der Waals surface area contributed by atoms with E-state index in [9.17, 15) is 0 Å². The van der Waals surface area contributed by atoms with Gasteiger partial charge in [0.05, 0.1) is 8.07 Å². The van der Waals surface area contributed by atoms with Crippen molar-refractivity contribution < 1.29 is 0 Å². The van der Waals surface area contributed by atoms with Gasteiger partial charge in [-0.1, -0.05) is 67.8 Å². The first kappa shape index (κ1) is 12.5. The van der Waals surface area contributed by atoms with Gasteiger partial charge in [-0.15, -0.1) is 0 Å². The highest BCUT2D eigenvalue weighted by Crippen LogP contribution is 2.27. The van der Waals surface area contributed by atoms with Crippen LogP contribution in [0.5, 0.6) is 0 Å². The molecule has 0 aliphatic heterocycles. The Labute approximate surface area is 109 Å². The third kappa shape index (κ3) is 3.24. The number of hydrogen-bond donors (Lipinski definition) is 0. The second kappa shape index (κ2) is 5.11. The van der Waals surface area contributed by atoms with Crippen molar-refractivity contribution in [3.05, 3.63) is 54.6 Å². The summed E-state index contributed by atoms with van der Waals surface area (Å²) in [6, 6.07) is 19.4. The van der Waals surface area contributed by atoms with Crippen molar-refractivity contribution in [2.75, 3.05) is 0 Å². The highest BCUT2D eigenvalue weighted by molar-refractivity contribution is 7.99. The second-order valence-electron chi connectivity index (χ2n) is 5.16. The lowest BCUT2D eigenvalue weighted by Crippen LogP contribution is -2.38. The molecule has 0 amide bonds. The Hall–Kier alpha value is -0.993. The summed E-state index contributed by atoms with van der Waals surface area (Å²) in [7, 11) is -1.25. The summed E-state index contributed by atoms with van der Waals surface area (Å²) in [6.07, 6.45) is 0. The van der Waals surface area contributed by atoms with Gasteiger partial charge >= 0.3 is 0 Å². The van der Waals surface area contributed by atoms with Crippen LogP contribution in [-0.4, -0.2) is 8.07 Å². The highest BCUT2D eigenvalue weighted by atomic mass is 32.2. The van der Waals surface area contributed by atoms with E-state index in [1.807, 2.05) is 11.8 Å². The molecule has 0 spiro atoms. The van der Waals surface area contributed by atoms with Crippen LogP contribution in [0.2, 0.25) is 19.6 Å². The van der Waals surface area contributed by atoms with Crippen molar-refractivity contribution in [3.8, 4) is 0 Å². The van der Waals surface area contributed by atoms with E-state index in [4.69, 9.17) is 0 Å². The van der Waals surface area contributed by atoms with Gasteiger partial charge in [-0.05, 0) is 23.4 Å². The molecule has 0 N–H and O–H groups in total. The van der Waals surface area contributed by atoms with Gasteiger partial charge in [-0.3, -0.25) is 0 Å². The van der Waals surface area contributed by atoms with Crippen molar-refractivity contribution in [1.29, 1.82) is 0 Å². The average molecular weight is 258 g/mol. The molecule has 17 heavy (non-hydrogen) atoms. The summed E-state index contributed by atoms with van der Waals surface area (Å²) in [5.41, 5.74) is 0. The van der Waals surface area contributed by atoms with E-state index in [0.29, 0.717) is 0 Å². The molecule has 0 nitrogen and oxygen atoms in total. The molecule has 0 heterocycles. The maximum Gasteiger partial charge on any atom is 0.0790 e. The quantitative estimate of drug-likeness (QED) is 0.736. The molecule has 0 radical (unpaired) electrons. The Morgan fingerprint density at radius 2 is 1.35 bits per heavy atom. The summed E-state index contributed by atoms with van der Waals surface area (Å²) in [6.45, 7) is 7.20. The third-order valence-corrected chi connectivity index (χ3v) is 5.98.